The number of hydrogen-bond donors (Lipinski definition) is 2. The van der Waals surface area contributed by atoms with Crippen LogP contribution in [0.25, 0.3) is 0 Å². The summed E-state index contributed by atoms with van der Waals surface area (Å²) >= 11 is 0. The molecule has 0 unspecified atom stereocenters. The van der Waals surface area contributed by atoms with E-state index in [1.54, 1.807) is 65.6 Å². The maximum absolute atomic E-state index is 14.1. The maximum atomic E-state index is 14.1. The number of fused-ring (bicyclic) bond motifs is 8. The van der Waals surface area contributed by atoms with Gasteiger partial charge in [-0.3, -0.25) is 53.3 Å². The number of rotatable bonds is 19. The van der Waals surface area contributed by atoms with Gasteiger partial charge in [-0.1, -0.05) is 43.3 Å². The molecule has 1 saturated heterocycles. The van der Waals surface area contributed by atoms with E-state index < -0.39 is 41.6 Å². The number of methoxy groups -OCH3 is 1. The lowest BCUT2D eigenvalue weighted by Gasteiger charge is -2.22. The number of nitrogens with zero attached hydrogens (tertiary/aromatic N) is 5. The Kier molecular flexibility index (Phi) is 15.0. The number of aliphatic imine (C=N–C) groups is 2. The molecule has 5 heterocycles. The van der Waals surface area contributed by atoms with Crippen molar-refractivity contribution < 1.29 is 57.4 Å². The van der Waals surface area contributed by atoms with Crippen LogP contribution in [0, 0.1) is 12.8 Å². The highest BCUT2D eigenvalue weighted by Crippen LogP contribution is 2.42. The molecule has 1 fully saturated rings. The zero-order valence-electron chi connectivity index (χ0n) is 43.5. The van der Waals surface area contributed by atoms with E-state index in [1.807, 2.05) is 61.5 Å². The van der Waals surface area contributed by atoms with Crippen molar-refractivity contribution in [2.24, 2.45) is 15.9 Å². The van der Waals surface area contributed by atoms with Crippen LogP contribution in [-0.4, -0.2) is 89.9 Å². The van der Waals surface area contributed by atoms with Crippen LogP contribution < -0.4 is 34.6 Å². The molecule has 0 radical (unpaired) electrons. The molecule has 2 N–H and O–H groups in total. The van der Waals surface area contributed by atoms with Crippen LogP contribution in [0.3, 0.4) is 0 Å². The van der Waals surface area contributed by atoms with Gasteiger partial charge in [0.1, 0.15) is 19.0 Å². The molecule has 10 rings (SSSR count). The van der Waals surface area contributed by atoms with Gasteiger partial charge in [0, 0.05) is 92.5 Å². The van der Waals surface area contributed by atoms with Crippen molar-refractivity contribution in [2.75, 3.05) is 22.2 Å². The lowest BCUT2D eigenvalue weighted by Crippen LogP contribution is -2.39. The summed E-state index contributed by atoms with van der Waals surface area (Å²) in [7, 11) is 1.49. The summed E-state index contributed by atoms with van der Waals surface area (Å²) in [5.41, 5.74) is 7.99. The molecule has 6 amide bonds. The number of nitrogens with one attached hydrogen (secondary N) is 2. The summed E-state index contributed by atoms with van der Waals surface area (Å²) in [4.78, 5) is 122. The van der Waals surface area contributed by atoms with Gasteiger partial charge in [0.25, 0.3) is 23.6 Å². The molecule has 0 bridgehead atoms. The van der Waals surface area contributed by atoms with E-state index in [9.17, 15) is 38.4 Å². The first-order valence-corrected chi connectivity index (χ1v) is 26.0. The number of benzene rings is 5. The average molecular weight is 1060 g/mol. The topological polar surface area (TPSA) is 232 Å². The van der Waals surface area contributed by atoms with Crippen molar-refractivity contribution in [3.63, 3.8) is 0 Å². The summed E-state index contributed by atoms with van der Waals surface area (Å²) in [5.74, 6) is -3.18. The number of ketones is 1. The van der Waals surface area contributed by atoms with Crippen LogP contribution in [0.4, 0.5) is 28.4 Å². The zero-order chi connectivity index (χ0) is 54.8. The van der Waals surface area contributed by atoms with Crippen LogP contribution in [0.1, 0.15) is 107 Å². The van der Waals surface area contributed by atoms with Gasteiger partial charge in [0.2, 0.25) is 11.8 Å². The van der Waals surface area contributed by atoms with E-state index in [2.05, 4.69) is 10.6 Å². The lowest BCUT2D eigenvalue weighted by atomic mass is 9.99. The fourth-order valence-electron chi connectivity index (χ4n) is 10.3. The average Bonchev–Trinajstić information content (AvgIpc) is 4.10. The largest absolute Gasteiger partial charge is 0.493 e. The summed E-state index contributed by atoms with van der Waals surface area (Å²) < 4.78 is 18.6. The first-order valence-electron chi connectivity index (χ1n) is 26.0. The van der Waals surface area contributed by atoms with Gasteiger partial charge in [-0.25, -0.2) is 4.79 Å². The van der Waals surface area contributed by atoms with E-state index in [-0.39, 0.29) is 87.8 Å². The smallest absolute Gasteiger partial charge is 0.333 e. The Morgan fingerprint density at radius 3 is 1.83 bits per heavy atom. The van der Waals surface area contributed by atoms with Gasteiger partial charge in [-0.15, -0.1) is 5.06 Å². The third-order valence-corrected chi connectivity index (χ3v) is 14.4. The lowest BCUT2D eigenvalue weighted by molar-refractivity contribution is -0.197. The molecule has 400 valence electrons. The van der Waals surface area contributed by atoms with Crippen LogP contribution in [-0.2, 0) is 59.7 Å². The van der Waals surface area contributed by atoms with Crippen molar-refractivity contribution in [2.45, 2.75) is 110 Å². The van der Waals surface area contributed by atoms with Crippen LogP contribution in [0.15, 0.2) is 101 Å². The molecule has 5 aromatic carbocycles. The number of para-hydroxylation sites is 2. The summed E-state index contributed by atoms with van der Waals surface area (Å²) in [5, 5.41) is 6.09. The van der Waals surface area contributed by atoms with Crippen molar-refractivity contribution in [3.8, 4) is 17.2 Å². The monoisotopic (exact) mass is 1060 g/mol. The van der Waals surface area contributed by atoms with Gasteiger partial charge < -0.3 is 29.7 Å². The van der Waals surface area contributed by atoms with Gasteiger partial charge in [-0.05, 0) is 97.0 Å². The summed E-state index contributed by atoms with van der Waals surface area (Å²) in [6.07, 6.45) is 5.09. The Hall–Kier alpha value is -9.00. The Morgan fingerprint density at radius 2 is 1.23 bits per heavy atom. The molecule has 0 spiro atoms. The molecule has 78 heavy (non-hydrogen) atoms. The number of imide groups is 1. The third-order valence-electron chi connectivity index (χ3n) is 14.4. The molecule has 0 aliphatic carbocycles. The quantitative estimate of drug-likeness (QED) is 0.0593. The van der Waals surface area contributed by atoms with Gasteiger partial charge in [0.15, 0.2) is 17.3 Å². The standard InChI is InChI=1S/C59H57N7O12/c1-33-19-43-45(60-29-41-24-38-11-5-7-13-47(38)64(41)58(43)73)27-50(33)76-31-36-21-37(32-77-52-28-46-44(26-51(52)75-4)59(74)65-42(30-61-46)25-39-12-6-8-14-48(39)65)23-40(22-36)63-57(72)34(2)20-49(67)35(3)62-53(68)15-9-10-16-56(71)78-66-54(69)17-18-55(66)70/h5-8,11-14,19,21-23,26-30,34-35,41-42H,9-10,15-18,20,24-25,31-32H2,1-4H3,(H,62,68)(H,63,72)/t34-,35+,41+,42+/m1/s1. The highest BCUT2D eigenvalue weighted by atomic mass is 16.7. The fourth-order valence-corrected chi connectivity index (χ4v) is 10.3. The minimum absolute atomic E-state index is 0.00432. The van der Waals surface area contributed by atoms with E-state index in [1.165, 1.54) is 14.0 Å². The number of hydrogen-bond acceptors (Lipinski definition) is 14. The predicted molar refractivity (Wildman–Crippen MR) is 288 cm³/mol. The third kappa shape index (κ3) is 11.0. The Bertz CT molecular complexity index is 3350. The van der Waals surface area contributed by atoms with Crippen molar-refractivity contribution in [1.29, 1.82) is 0 Å². The molecule has 19 nitrogen and oxygen atoms in total. The molecular formula is C59H57N7O12. The first kappa shape index (κ1) is 52.4. The maximum Gasteiger partial charge on any atom is 0.333 e. The minimum atomic E-state index is -0.911. The SMILES string of the molecule is COc1cc2c(cc1OCc1cc(COc3cc4c(cc3C)C(=O)N3c5ccccc5C[C@H]3C=N4)cc(NC(=O)[C@H](C)CC(=O)[C@H](C)NC(=O)CCCCC(=O)ON3C(=O)CCC3=O)c1)N=C[C@@H]1Cc3ccccc3N1C2=O. The van der Waals surface area contributed by atoms with Crippen LogP contribution in [0.2, 0.25) is 0 Å². The Balaban J connectivity index is 0.819. The number of carbonyl (C=O) groups is 8. The molecule has 0 aromatic heterocycles. The number of anilines is 3. The number of Topliss-reactive ketones (excluding diaryl/α,β-unsaturated/α-hetero) is 1. The minimum Gasteiger partial charge on any atom is -0.493 e. The first-order chi connectivity index (χ1) is 37.6. The predicted octanol–water partition coefficient (Wildman–Crippen LogP) is 7.94. The molecular weight excluding hydrogens is 999 g/mol. The highest BCUT2D eigenvalue weighted by molar-refractivity contribution is 6.16. The Morgan fingerprint density at radius 1 is 0.679 bits per heavy atom. The van der Waals surface area contributed by atoms with Crippen LogP contribution in [0.5, 0.6) is 17.2 Å². The number of ether oxygens (including phenoxy) is 3. The van der Waals surface area contributed by atoms with E-state index in [0.29, 0.717) is 74.5 Å². The fraction of sp³-hybridized carbons (Fsp3) is 0.322. The molecule has 5 aliphatic heterocycles. The second kappa shape index (κ2) is 22.3. The molecule has 0 saturated carbocycles. The Labute approximate surface area is 449 Å². The second-order valence-electron chi connectivity index (χ2n) is 20.1. The summed E-state index contributed by atoms with van der Waals surface area (Å²) in [6, 6.07) is 26.5. The number of carbonyl (C=O) groups excluding carboxylic acids is 8. The summed E-state index contributed by atoms with van der Waals surface area (Å²) in [6.45, 7) is 5.02. The number of aryl methyl sites for hydroxylation is 1. The van der Waals surface area contributed by atoms with E-state index in [0.717, 1.165) is 28.1 Å². The van der Waals surface area contributed by atoms with Gasteiger partial charge in [-0.2, -0.15) is 0 Å². The van der Waals surface area contributed by atoms with Gasteiger partial charge >= 0.3 is 5.97 Å². The van der Waals surface area contributed by atoms with E-state index >= 15 is 0 Å². The molecule has 19 heteroatoms. The highest BCUT2D eigenvalue weighted by Gasteiger charge is 2.38. The molecule has 5 aromatic rings. The number of unbranched alkanes of at least 4 members (excludes halogenated alkanes) is 1. The number of hydroxylamine groups is 2. The normalized spacial score (nSPS) is 17.4. The zero-order valence-corrected chi connectivity index (χ0v) is 43.5. The van der Waals surface area contributed by atoms with Crippen molar-refractivity contribution >= 4 is 88.1 Å². The molecule has 5 aliphatic rings. The molecule has 4 atom stereocenters. The second-order valence-corrected chi connectivity index (χ2v) is 20.1. The van der Waals surface area contributed by atoms with Gasteiger partial charge in [0.05, 0.1) is 47.7 Å². The number of amides is 6. The van der Waals surface area contributed by atoms with Crippen molar-refractivity contribution in [1.82, 2.24) is 10.4 Å². The van der Waals surface area contributed by atoms with Crippen molar-refractivity contribution in [3.05, 3.63) is 130 Å². The van der Waals surface area contributed by atoms with E-state index in [4.69, 9.17) is 29.0 Å². The van der Waals surface area contributed by atoms with Crippen LogP contribution >= 0.6 is 0 Å².